The predicted molar refractivity (Wildman–Crippen MR) is 264 cm³/mol. The first-order valence-electron chi connectivity index (χ1n) is 25.2. The second kappa shape index (κ2) is 17.3. The molecular weight excluding hydrogens is 857 g/mol. The predicted octanol–water partition coefficient (Wildman–Crippen LogP) is 10.3. The van der Waals surface area contributed by atoms with Crippen LogP contribution < -0.4 is 15.5 Å². The van der Waals surface area contributed by atoms with Crippen LogP contribution in [-0.2, 0) is 22.5 Å². The summed E-state index contributed by atoms with van der Waals surface area (Å²) in [5, 5.41) is 22.3. The van der Waals surface area contributed by atoms with Crippen LogP contribution in [0, 0.1) is 36.0 Å². The van der Waals surface area contributed by atoms with E-state index in [1.165, 1.54) is 45.2 Å². The Hall–Kier alpha value is -4.79. The highest BCUT2D eigenvalue weighted by atomic mass is 32.1. The maximum Gasteiger partial charge on any atom is 0.270 e. The molecule has 1 saturated heterocycles. The summed E-state index contributed by atoms with van der Waals surface area (Å²) < 4.78 is 10.5. The molecule has 67 heavy (non-hydrogen) atoms. The first kappa shape index (κ1) is 44.7. The topological polar surface area (TPSA) is 143 Å². The summed E-state index contributed by atoms with van der Waals surface area (Å²) >= 11 is 1.60. The molecule has 1 amide bonds. The van der Waals surface area contributed by atoms with E-state index in [4.69, 9.17) is 30.0 Å². The lowest BCUT2D eigenvalue weighted by atomic mass is 9.39. The van der Waals surface area contributed by atoms with E-state index in [0.29, 0.717) is 36.2 Å². The molecular formula is C53H68N10O3S. The van der Waals surface area contributed by atoms with Crippen molar-refractivity contribution in [3.05, 3.63) is 65.1 Å². The first-order chi connectivity index (χ1) is 32.3. The van der Waals surface area contributed by atoms with Gasteiger partial charge in [0.15, 0.2) is 16.8 Å². The lowest BCUT2D eigenvalue weighted by molar-refractivity contribution is -0.248. The van der Waals surface area contributed by atoms with Crippen molar-refractivity contribution in [3.8, 4) is 11.1 Å². The fourth-order valence-electron chi connectivity index (χ4n) is 14.8. The molecule has 5 aromatic rings. The number of ketones is 1. The fraction of sp³-hybridized carbons (Fsp3) is 0.604. The normalized spacial score (nSPS) is 29.1. The molecule has 0 spiro atoms. The summed E-state index contributed by atoms with van der Waals surface area (Å²) in [5.41, 5.74) is 6.81. The molecule has 4 bridgehead atoms. The number of ether oxygens (including phenoxy) is 1. The summed E-state index contributed by atoms with van der Waals surface area (Å²) in [4.78, 5) is 41.4. The number of Topliss-reactive ketones (excluding diaryl/α,β-unsaturated/α-hetero) is 1. The van der Waals surface area contributed by atoms with Gasteiger partial charge < -0.3 is 30.0 Å². The van der Waals surface area contributed by atoms with Crippen LogP contribution in [0.2, 0.25) is 0 Å². The van der Waals surface area contributed by atoms with Gasteiger partial charge in [-0.25, -0.2) is 9.97 Å². The molecule has 2 N–H and O–H groups in total. The molecule has 5 aliphatic carbocycles. The van der Waals surface area contributed by atoms with Crippen LogP contribution in [0.4, 0.5) is 22.6 Å². The number of carbonyl (C=O) groups is 2. The third-order valence-electron chi connectivity index (χ3n) is 16.6. The number of nitrogens with zero attached hydrogens (tertiary/aromatic N) is 8. The highest BCUT2D eigenvalue weighted by Gasteiger charge is 2.66. The van der Waals surface area contributed by atoms with Gasteiger partial charge in [0.1, 0.15) is 17.3 Å². The number of para-hydroxylation sites is 1. The average molecular weight is 925 g/mol. The highest BCUT2D eigenvalue weighted by molar-refractivity contribution is 7.22. The number of rotatable bonds is 14. The number of pyridine rings is 1. The van der Waals surface area contributed by atoms with Gasteiger partial charge in [-0.2, -0.15) is 5.10 Å². The Morgan fingerprint density at radius 1 is 0.866 bits per heavy atom. The minimum Gasteiger partial charge on any atom is -0.374 e. The minimum absolute atomic E-state index is 0.0205. The molecule has 2 unspecified atom stereocenters. The molecule has 13 nitrogen and oxygen atoms in total. The number of likely N-dealkylation sites (tertiary alicyclic amines) is 1. The Bertz CT molecular complexity index is 2650. The van der Waals surface area contributed by atoms with Crippen LogP contribution in [0.5, 0.6) is 0 Å². The van der Waals surface area contributed by atoms with Crippen molar-refractivity contribution in [1.82, 2.24) is 40.2 Å². The van der Waals surface area contributed by atoms with Gasteiger partial charge in [-0.15, -0.1) is 10.2 Å². The molecule has 14 heteroatoms. The van der Waals surface area contributed by atoms with E-state index >= 15 is 0 Å². The van der Waals surface area contributed by atoms with Crippen molar-refractivity contribution < 1.29 is 14.3 Å². The summed E-state index contributed by atoms with van der Waals surface area (Å²) in [5.74, 6) is 2.59. The number of anilines is 4. The number of hydrogen-bond donors (Lipinski definition) is 2. The number of thiazole rings is 1. The number of nitrogens with one attached hydrogen (secondary N) is 2. The summed E-state index contributed by atoms with van der Waals surface area (Å²) in [7, 11) is 0. The largest absolute Gasteiger partial charge is 0.374 e. The smallest absolute Gasteiger partial charge is 0.270 e. The van der Waals surface area contributed by atoms with E-state index in [1.807, 2.05) is 30.5 Å². The summed E-state index contributed by atoms with van der Waals surface area (Å²) in [6, 6.07) is 12.3. The van der Waals surface area contributed by atoms with E-state index in [1.54, 1.807) is 18.3 Å². The van der Waals surface area contributed by atoms with E-state index in [0.717, 1.165) is 127 Å². The van der Waals surface area contributed by atoms with Crippen molar-refractivity contribution in [2.75, 3.05) is 43.0 Å². The third kappa shape index (κ3) is 8.79. The molecule has 6 heterocycles. The van der Waals surface area contributed by atoms with Gasteiger partial charge in [0, 0.05) is 60.0 Å². The van der Waals surface area contributed by atoms with Crippen LogP contribution >= 0.6 is 11.3 Å². The number of benzene rings is 1. The van der Waals surface area contributed by atoms with Crippen LogP contribution in [0.25, 0.3) is 21.3 Å². The van der Waals surface area contributed by atoms with E-state index in [-0.39, 0.29) is 39.6 Å². The second-order valence-corrected chi connectivity index (χ2v) is 23.6. The molecule has 7 aliphatic rings. The number of aromatic nitrogens is 6. The maximum absolute atomic E-state index is 14.7. The zero-order chi connectivity index (χ0) is 46.1. The van der Waals surface area contributed by atoms with Gasteiger partial charge in [0.05, 0.1) is 28.6 Å². The zero-order valence-electron chi connectivity index (χ0n) is 40.3. The second-order valence-electron chi connectivity index (χ2n) is 22.6. The fourth-order valence-corrected chi connectivity index (χ4v) is 15.7. The Balaban J connectivity index is 0.887. The lowest BCUT2D eigenvalue weighted by Crippen LogP contribution is -2.64. The molecule has 4 aromatic heterocycles. The molecule has 12 rings (SSSR count). The molecule has 1 aromatic carbocycles. The average Bonchev–Trinajstić information content (AvgIpc) is 4.04. The lowest BCUT2D eigenvalue weighted by Gasteiger charge is -2.69. The standard InChI is InChI=1S/C53H68N10O3S/c1-34(64)25-37-14-16-38(17-15-37)55-48(65)45-40(18-19-44(57-45)62-22-10-11-39-35(2)46(59-60-47(39)62)58-49-56-42-12-6-7-13-43(42)67-49)41-26-54-63(36(41)3)33-52-28-50(4)27-51(5,29-52)31-53(30-50,32-52)66-24-23-61-20-8-9-21-61/h6-7,12-13,18-19,26,37-38H,8-11,14-17,20-25,27-33H2,1-5H3,(H,55,65)(H,56,58,59). The van der Waals surface area contributed by atoms with Crippen LogP contribution in [0.15, 0.2) is 42.6 Å². The Labute approximate surface area is 399 Å². The molecule has 2 aliphatic heterocycles. The zero-order valence-corrected chi connectivity index (χ0v) is 41.1. The number of amides is 1. The summed E-state index contributed by atoms with van der Waals surface area (Å²) in [6.45, 7) is 16.8. The van der Waals surface area contributed by atoms with Gasteiger partial charge in [0.25, 0.3) is 5.91 Å². The van der Waals surface area contributed by atoms with Gasteiger partial charge in [0.2, 0.25) is 0 Å². The first-order valence-corrected chi connectivity index (χ1v) is 26.0. The molecule has 5 saturated carbocycles. The maximum atomic E-state index is 14.7. The Kier molecular flexibility index (Phi) is 11.6. The third-order valence-corrected chi connectivity index (χ3v) is 17.5. The van der Waals surface area contributed by atoms with Crippen molar-refractivity contribution in [2.45, 2.75) is 149 Å². The van der Waals surface area contributed by atoms with E-state index < -0.39 is 0 Å². The van der Waals surface area contributed by atoms with Crippen LogP contribution in [-0.4, -0.2) is 91.0 Å². The number of hydrogen-bond acceptors (Lipinski definition) is 12. The Morgan fingerprint density at radius 3 is 2.40 bits per heavy atom. The van der Waals surface area contributed by atoms with Crippen LogP contribution in [0.1, 0.15) is 138 Å². The summed E-state index contributed by atoms with van der Waals surface area (Å²) in [6.07, 6.45) is 17.6. The van der Waals surface area contributed by atoms with Crippen LogP contribution in [0.3, 0.4) is 0 Å². The number of carbonyl (C=O) groups excluding carboxylic acids is 2. The molecule has 354 valence electrons. The highest BCUT2D eigenvalue weighted by Crippen LogP contribution is 2.72. The monoisotopic (exact) mass is 925 g/mol. The van der Waals surface area contributed by atoms with Crippen molar-refractivity contribution >= 4 is 55.8 Å². The van der Waals surface area contributed by atoms with Crippen molar-refractivity contribution in [2.24, 2.45) is 22.2 Å². The molecule has 0 radical (unpaired) electrons. The minimum atomic E-state index is -0.177. The van der Waals surface area contributed by atoms with Gasteiger partial charge in [-0.1, -0.05) is 37.3 Å². The van der Waals surface area contributed by atoms with E-state index in [2.05, 4.69) is 64.9 Å². The van der Waals surface area contributed by atoms with Gasteiger partial charge in [-0.3, -0.25) is 9.48 Å². The van der Waals surface area contributed by atoms with Crippen molar-refractivity contribution in [1.29, 1.82) is 0 Å². The quantitative estimate of drug-likeness (QED) is 0.110. The van der Waals surface area contributed by atoms with Crippen molar-refractivity contribution in [3.63, 3.8) is 0 Å². The van der Waals surface area contributed by atoms with Gasteiger partial charge in [-0.05, 0) is 170 Å². The van der Waals surface area contributed by atoms with Gasteiger partial charge >= 0.3 is 0 Å². The molecule has 2 atom stereocenters. The SMILES string of the molecule is CC(=O)CC1CCC(NC(=O)c2nc(N3CCCc4c3nnc(Nc3nc5ccccc5s3)c4C)ccc2-c2cnn(CC34CC5(C)CC(C)(C3)CC(OCCN3CCCC3)(C5)C4)c2C)CC1. The Morgan fingerprint density at radius 2 is 1.64 bits per heavy atom. The van der Waals surface area contributed by atoms with E-state index in [9.17, 15) is 9.59 Å². The molecule has 6 fully saturated rings. The number of fused-ring (bicyclic) bond motifs is 2.